The maximum absolute atomic E-state index is 6.57. The van der Waals surface area contributed by atoms with Gasteiger partial charge in [-0.3, -0.25) is 4.57 Å². The second kappa shape index (κ2) is 14.1. The van der Waals surface area contributed by atoms with E-state index in [1.165, 1.54) is 4.70 Å². The molecule has 0 aliphatic carbocycles. The minimum atomic E-state index is 0.544. The van der Waals surface area contributed by atoms with Gasteiger partial charge < -0.3 is 4.42 Å². The second-order valence-electron chi connectivity index (χ2n) is 15.6. The summed E-state index contributed by atoms with van der Waals surface area (Å²) in [5.41, 5.74) is 11.4. The van der Waals surface area contributed by atoms with Gasteiger partial charge in [-0.25, -0.2) is 15.0 Å². The van der Waals surface area contributed by atoms with E-state index in [-0.39, 0.29) is 0 Å². The van der Waals surface area contributed by atoms with Crippen LogP contribution >= 0.6 is 11.3 Å². The van der Waals surface area contributed by atoms with Crippen LogP contribution in [0.5, 0.6) is 0 Å². The summed E-state index contributed by atoms with van der Waals surface area (Å²) in [4.78, 5) is 26.0. The van der Waals surface area contributed by atoms with Crippen LogP contribution in [0.1, 0.15) is 0 Å². The number of benzene rings is 8. The van der Waals surface area contributed by atoms with E-state index in [0.717, 1.165) is 98.4 Å². The number of nitrogens with zero attached hydrogens (tertiary/aromatic N) is 6. The molecule has 8 aromatic carbocycles. The molecule has 0 atom stereocenters. The maximum Gasteiger partial charge on any atom is 0.238 e. The summed E-state index contributed by atoms with van der Waals surface area (Å²) in [5, 5.41) is 5.36. The Kier molecular flexibility index (Phi) is 7.94. The molecule has 7 nitrogen and oxygen atoms in total. The van der Waals surface area contributed by atoms with Crippen molar-refractivity contribution in [1.29, 1.82) is 0 Å². The van der Waals surface area contributed by atoms with Crippen LogP contribution in [0.3, 0.4) is 0 Å². The molecule has 0 N–H and O–H groups in total. The Bertz CT molecular complexity index is 3910. The van der Waals surface area contributed by atoms with Crippen LogP contribution in [-0.4, -0.2) is 29.5 Å². The Labute approximate surface area is 364 Å². The number of fused-ring (bicyclic) bond motifs is 9. The normalized spacial score (nSPS) is 11.8. The van der Waals surface area contributed by atoms with Crippen molar-refractivity contribution in [1.82, 2.24) is 29.5 Å². The van der Waals surface area contributed by atoms with Gasteiger partial charge in [-0.15, -0.1) is 11.3 Å². The van der Waals surface area contributed by atoms with Gasteiger partial charge in [0.05, 0.1) is 26.9 Å². The second-order valence-corrected chi connectivity index (χ2v) is 16.7. The van der Waals surface area contributed by atoms with Gasteiger partial charge in [-0.2, -0.15) is 9.97 Å². The van der Waals surface area contributed by atoms with E-state index >= 15 is 0 Å². The average molecular weight is 825 g/mol. The molecule has 5 heterocycles. The molecule has 0 unspecified atom stereocenters. The molecular weight excluding hydrogens is 793 g/mol. The highest BCUT2D eigenvalue weighted by molar-refractivity contribution is 7.26. The molecule has 63 heavy (non-hydrogen) atoms. The van der Waals surface area contributed by atoms with E-state index in [0.29, 0.717) is 23.4 Å². The van der Waals surface area contributed by atoms with Gasteiger partial charge in [0, 0.05) is 53.9 Å². The predicted molar refractivity (Wildman–Crippen MR) is 257 cm³/mol. The third-order valence-electron chi connectivity index (χ3n) is 11.9. The monoisotopic (exact) mass is 824 g/mol. The summed E-state index contributed by atoms with van der Waals surface area (Å²) >= 11 is 1.73. The molecule has 0 fully saturated rings. The molecule has 0 saturated heterocycles. The molecule has 0 bridgehead atoms. The molecule has 0 aliphatic rings. The number of rotatable bonds is 6. The van der Waals surface area contributed by atoms with Crippen molar-refractivity contribution in [3.8, 4) is 62.5 Å². The van der Waals surface area contributed by atoms with Crippen LogP contribution in [0.25, 0.3) is 127 Å². The fraction of sp³-hybridized carbons (Fsp3) is 0. The lowest BCUT2D eigenvalue weighted by atomic mass is 9.99. The summed E-state index contributed by atoms with van der Waals surface area (Å²) in [6.45, 7) is 0. The zero-order valence-corrected chi connectivity index (χ0v) is 34.3. The van der Waals surface area contributed by atoms with Crippen molar-refractivity contribution in [3.63, 3.8) is 0 Å². The van der Waals surface area contributed by atoms with E-state index in [1.807, 2.05) is 48.5 Å². The largest absolute Gasteiger partial charge is 0.456 e. The Morgan fingerprint density at radius 1 is 0.397 bits per heavy atom. The zero-order chi connectivity index (χ0) is 41.4. The lowest BCUT2D eigenvalue weighted by Crippen LogP contribution is -2.06. The highest BCUT2D eigenvalue weighted by atomic mass is 32.1. The summed E-state index contributed by atoms with van der Waals surface area (Å²) in [7, 11) is 0. The number of thiophene rings is 1. The summed E-state index contributed by atoms with van der Waals surface area (Å²) in [6.07, 6.45) is 0. The first-order valence-electron chi connectivity index (χ1n) is 20.8. The first-order chi connectivity index (χ1) is 31.2. The quantitative estimate of drug-likeness (QED) is 0.166. The predicted octanol–water partition coefficient (Wildman–Crippen LogP) is 14.4. The Hall–Kier alpha value is -8.33. The molecule has 0 radical (unpaired) electrons. The average Bonchev–Trinajstić information content (AvgIpc) is 4.03. The van der Waals surface area contributed by atoms with Crippen molar-refractivity contribution in [3.05, 3.63) is 194 Å². The van der Waals surface area contributed by atoms with Gasteiger partial charge in [-0.05, 0) is 59.7 Å². The van der Waals surface area contributed by atoms with E-state index in [4.69, 9.17) is 29.3 Å². The molecule has 0 saturated carbocycles. The van der Waals surface area contributed by atoms with Gasteiger partial charge in [0.25, 0.3) is 0 Å². The number of hydrogen-bond acceptors (Lipinski definition) is 7. The van der Waals surface area contributed by atoms with Crippen molar-refractivity contribution < 1.29 is 4.42 Å². The highest BCUT2D eigenvalue weighted by Crippen LogP contribution is 2.42. The first-order valence-corrected chi connectivity index (χ1v) is 21.6. The molecule has 5 aromatic heterocycles. The van der Waals surface area contributed by atoms with Crippen LogP contribution in [-0.2, 0) is 0 Å². The summed E-state index contributed by atoms with van der Waals surface area (Å²) < 4.78 is 11.0. The Morgan fingerprint density at radius 3 is 1.84 bits per heavy atom. The van der Waals surface area contributed by atoms with E-state index in [9.17, 15) is 0 Å². The van der Waals surface area contributed by atoms with Crippen LogP contribution < -0.4 is 0 Å². The van der Waals surface area contributed by atoms with Crippen molar-refractivity contribution >= 4 is 75.4 Å². The van der Waals surface area contributed by atoms with Crippen LogP contribution in [0.2, 0.25) is 0 Å². The minimum Gasteiger partial charge on any atom is -0.456 e. The van der Waals surface area contributed by atoms with Crippen LogP contribution in [0.4, 0.5) is 0 Å². The molecule has 13 aromatic rings. The van der Waals surface area contributed by atoms with Gasteiger partial charge in [-0.1, -0.05) is 146 Å². The lowest BCUT2D eigenvalue weighted by Gasteiger charge is -2.11. The fourth-order valence-corrected chi connectivity index (χ4v) is 10.1. The third kappa shape index (κ3) is 5.76. The number of furan rings is 1. The maximum atomic E-state index is 6.57. The molecule has 8 heteroatoms. The van der Waals surface area contributed by atoms with Crippen molar-refractivity contribution in [2.24, 2.45) is 0 Å². The minimum absolute atomic E-state index is 0.544. The summed E-state index contributed by atoms with van der Waals surface area (Å²) in [5.74, 6) is 2.35. The van der Waals surface area contributed by atoms with Crippen molar-refractivity contribution in [2.45, 2.75) is 0 Å². The first kappa shape index (κ1) is 35.4. The summed E-state index contributed by atoms with van der Waals surface area (Å²) in [6, 6.07) is 66.8. The van der Waals surface area contributed by atoms with Crippen LogP contribution in [0, 0.1) is 0 Å². The number of hydrogen-bond donors (Lipinski definition) is 0. The van der Waals surface area contributed by atoms with E-state index in [2.05, 4.69) is 150 Å². The lowest BCUT2D eigenvalue weighted by molar-refractivity contribution is 0.669. The molecule has 0 aliphatic heterocycles. The molecule has 0 amide bonds. The third-order valence-corrected chi connectivity index (χ3v) is 13.1. The standard InChI is InChI=1S/C55H32N6OS/c1-4-15-33(16-5-1)38-23-14-25-44-48(38)40-21-10-12-24-43(40)61(44)55-59-52(35-19-8-3-9-20-35)58-54(60-55)36-28-30-45-42(31-36)39-29-27-37(32-46(39)62-45)53-56-49(34-17-6-2-7-18-34)51-50(57-53)41-22-11-13-26-47(41)63-51/h1-32H. The topological polar surface area (TPSA) is 82.5 Å². The smallest absolute Gasteiger partial charge is 0.238 e. The highest BCUT2D eigenvalue weighted by Gasteiger charge is 2.22. The van der Waals surface area contributed by atoms with Gasteiger partial charge >= 0.3 is 0 Å². The SMILES string of the molecule is c1ccc(-c2nc(-c3ccc4oc5cc(-c6nc(-c7ccccc7)c7sc8ccccc8c7n6)ccc5c4c3)nc(-n3c4ccccc4c4c(-c5ccccc5)cccc43)n2)cc1. The number of para-hydroxylation sites is 1. The van der Waals surface area contributed by atoms with Gasteiger partial charge in [0.1, 0.15) is 11.2 Å². The van der Waals surface area contributed by atoms with E-state index < -0.39 is 0 Å². The fourth-order valence-electron chi connectivity index (χ4n) is 8.97. The molecule has 294 valence electrons. The Balaban J connectivity index is 0.971. The molecule has 0 spiro atoms. The zero-order valence-electron chi connectivity index (χ0n) is 33.5. The van der Waals surface area contributed by atoms with Crippen molar-refractivity contribution in [2.75, 3.05) is 0 Å². The van der Waals surface area contributed by atoms with Gasteiger partial charge in [0.2, 0.25) is 5.95 Å². The van der Waals surface area contributed by atoms with E-state index in [1.54, 1.807) is 11.3 Å². The Morgan fingerprint density at radius 2 is 1.03 bits per heavy atom. The number of aromatic nitrogens is 6. The molecular formula is C55H32N6OS. The molecule has 13 rings (SSSR count). The van der Waals surface area contributed by atoms with Crippen LogP contribution in [0.15, 0.2) is 199 Å². The van der Waals surface area contributed by atoms with Gasteiger partial charge in [0.15, 0.2) is 17.5 Å².